The Morgan fingerprint density at radius 2 is 0.597 bits per heavy atom. The number of anilines is 6. The van der Waals surface area contributed by atoms with Gasteiger partial charge >= 0.3 is 0 Å². The number of furan rings is 2. The zero-order chi connectivity index (χ0) is 48.0. The van der Waals surface area contributed by atoms with Crippen molar-refractivity contribution in [2.45, 2.75) is 38.5 Å². The topological polar surface area (TPSA) is 32.8 Å². The quantitative estimate of drug-likeness (QED) is 0.166. The highest BCUT2D eigenvalue weighted by Crippen LogP contribution is 2.53. The molecule has 0 saturated heterocycles. The van der Waals surface area contributed by atoms with E-state index in [0.29, 0.717) is 0 Å². The van der Waals surface area contributed by atoms with Gasteiger partial charge in [-0.05, 0) is 164 Å². The minimum Gasteiger partial charge on any atom is -0.451 e. The molecule has 11 aromatic carbocycles. The molecule has 2 heterocycles. The second kappa shape index (κ2) is 14.8. The monoisotopic (exact) mass is 924 g/mol. The third-order valence-electron chi connectivity index (χ3n) is 16.2. The lowest BCUT2D eigenvalue weighted by molar-refractivity contribution is 0.637. The molecule has 13 aromatic rings. The highest BCUT2D eigenvalue weighted by Gasteiger charge is 2.37. The van der Waals surface area contributed by atoms with Crippen LogP contribution in [0.15, 0.2) is 227 Å². The van der Waals surface area contributed by atoms with E-state index in [1.54, 1.807) is 0 Å². The lowest BCUT2D eigenvalue weighted by atomic mass is 9.82. The fraction of sp³-hybridized carbons (Fsp3) is 0.0882. The Balaban J connectivity index is 0.832. The van der Waals surface area contributed by atoms with Gasteiger partial charge in [-0.1, -0.05) is 137 Å². The third-order valence-corrected chi connectivity index (χ3v) is 16.2. The van der Waals surface area contributed by atoms with Crippen molar-refractivity contribution in [3.8, 4) is 22.3 Å². The number of hydrogen-bond donors (Lipinski definition) is 0. The second-order valence-electron chi connectivity index (χ2n) is 20.9. The molecule has 0 radical (unpaired) electrons. The molecule has 0 unspecified atom stereocenters. The summed E-state index contributed by atoms with van der Waals surface area (Å²) in [5.41, 5.74) is 20.4. The zero-order valence-corrected chi connectivity index (χ0v) is 40.5. The molecule has 0 N–H and O–H groups in total. The molecular weight excluding hydrogens is 877 g/mol. The maximum Gasteiger partial charge on any atom is 0.178 e. The molecule has 0 atom stereocenters. The summed E-state index contributed by atoms with van der Waals surface area (Å²) in [6.07, 6.45) is 0. The first kappa shape index (κ1) is 41.0. The van der Waals surface area contributed by atoms with Crippen molar-refractivity contribution in [1.29, 1.82) is 0 Å². The maximum atomic E-state index is 6.99. The van der Waals surface area contributed by atoms with E-state index >= 15 is 0 Å². The molecule has 0 spiro atoms. The Bertz CT molecular complexity index is 4120. The highest BCUT2D eigenvalue weighted by atomic mass is 16.4. The molecule has 4 heteroatoms. The summed E-state index contributed by atoms with van der Waals surface area (Å²) >= 11 is 0. The van der Waals surface area contributed by atoms with Crippen molar-refractivity contribution in [1.82, 2.24) is 0 Å². The van der Waals surface area contributed by atoms with Gasteiger partial charge in [0.25, 0.3) is 0 Å². The van der Waals surface area contributed by atoms with Gasteiger partial charge in [0, 0.05) is 77.3 Å². The van der Waals surface area contributed by atoms with Crippen molar-refractivity contribution in [3.05, 3.63) is 241 Å². The number of benzene rings is 11. The van der Waals surface area contributed by atoms with Crippen LogP contribution in [0.25, 0.3) is 87.7 Å². The summed E-state index contributed by atoms with van der Waals surface area (Å²) in [7, 11) is 0. The molecule has 2 aliphatic carbocycles. The summed E-state index contributed by atoms with van der Waals surface area (Å²) in [5.74, 6) is 0. The Labute approximate surface area is 417 Å². The predicted molar refractivity (Wildman–Crippen MR) is 301 cm³/mol. The van der Waals surface area contributed by atoms with Crippen molar-refractivity contribution in [3.63, 3.8) is 0 Å². The lowest BCUT2D eigenvalue weighted by Crippen LogP contribution is -2.15. The smallest absolute Gasteiger partial charge is 0.178 e. The first-order valence-electron chi connectivity index (χ1n) is 25.1. The normalized spacial score (nSPS) is 14.1. The first-order chi connectivity index (χ1) is 35.2. The SMILES string of the molecule is CC1(C)c2ccccc2-c2cc(N(c3ccccc3)c3ccc4c(ccc5c6ccc7c8ccc9cc(N(c%10ccccc%10)c%10ccc%11c(c%10)-c%10ccccc%10C%11(C)C)ccc9c8oc7c6oc45)c3)ccc21. The number of hydrogen-bond acceptors (Lipinski definition) is 4. The van der Waals surface area contributed by atoms with Crippen LogP contribution in [0.5, 0.6) is 0 Å². The molecule has 2 aliphatic rings. The largest absolute Gasteiger partial charge is 0.451 e. The zero-order valence-electron chi connectivity index (χ0n) is 40.5. The molecule has 342 valence electrons. The van der Waals surface area contributed by atoms with Gasteiger partial charge in [-0.3, -0.25) is 0 Å². The van der Waals surface area contributed by atoms with E-state index in [9.17, 15) is 0 Å². The molecule has 2 aromatic heterocycles. The van der Waals surface area contributed by atoms with Crippen LogP contribution in [0.1, 0.15) is 49.9 Å². The van der Waals surface area contributed by atoms with Crippen LogP contribution in [0.2, 0.25) is 0 Å². The average molecular weight is 925 g/mol. The van der Waals surface area contributed by atoms with Gasteiger partial charge in [-0.15, -0.1) is 0 Å². The number of fused-ring (bicyclic) bond motifs is 17. The van der Waals surface area contributed by atoms with Gasteiger partial charge in [0.1, 0.15) is 11.2 Å². The number of para-hydroxylation sites is 2. The Morgan fingerprint density at radius 1 is 0.264 bits per heavy atom. The molecule has 0 bridgehead atoms. The summed E-state index contributed by atoms with van der Waals surface area (Å²) in [4.78, 5) is 4.74. The summed E-state index contributed by atoms with van der Waals surface area (Å²) < 4.78 is 14.0. The lowest BCUT2D eigenvalue weighted by Gasteiger charge is -2.27. The fourth-order valence-electron chi connectivity index (χ4n) is 12.6. The van der Waals surface area contributed by atoms with E-state index in [-0.39, 0.29) is 10.8 Å². The van der Waals surface area contributed by atoms with Crippen LogP contribution in [0.3, 0.4) is 0 Å². The molecule has 0 amide bonds. The minimum absolute atomic E-state index is 0.0593. The molecule has 15 rings (SSSR count). The van der Waals surface area contributed by atoms with Crippen LogP contribution >= 0.6 is 0 Å². The van der Waals surface area contributed by atoms with Gasteiger partial charge in [0.05, 0.1) is 0 Å². The molecule has 4 nitrogen and oxygen atoms in total. The van der Waals surface area contributed by atoms with Gasteiger partial charge in [0.15, 0.2) is 11.2 Å². The molecule has 0 saturated carbocycles. The van der Waals surface area contributed by atoms with Gasteiger partial charge in [0.2, 0.25) is 0 Å². The van der Waals surface area contributed by atoms with E-state index in [2.05, 4.69) is 256 Å². The van der Waals surface area contributed by atoms with Crippen molar-refractivity contribution >= 4 is 99.5 Å². The van der Waals surface area contributed by atoms with E-state index in [1.807, 2.05) is 0 Å². The van der Waals surface area contributed by atoms with Crippen LogP contribution in [-0.2, 0) is 10.8 Å². The number of rotatable bonds is 6. The van der Waals surface area contributed by atoms with E-state index in [0.717, 1.165) is 99.5 Å². The Kier molecular flexibility index (Phi) is 8.44. The number of nitrogens with zero attached hydrogens (tertiary/aromatic N) is 2. The van der Waals surface area contributed by atoms with E-state index in [1.165, 1.54) is 44.5 Å². The highest BCUT2D eigenvalue weighted by molar-refractivity contribution is 6.24. The summed E-state index contributed by atoms with van der Waals surface area (Å²) in [5, 5.41) is 8.56. The maximum absolute atomic E-state index is 6.99. The fourth-order valence-corrected chi connectivity index (χ4v) is 12.6. The van der Waals surface area contributed by atoms with Crippen molar-refractivity contribution < 1.29 is 8.83 Å². The molecule has 0 fully saturated rings. The predicted octanol–water partition coefficient (Wildman–Crippen LogP) is 19.3. The van der Waals surface area contributed by atoms with Crippen molar-refractivity contribution in [2.75, 3.05) is 9.80 Å². The second-order valence-corrected chi connectivity index (χ2v) is 20.9. The van der Waals surface area contributed by atoms with Gasteiger partial charge < -0.3 is 18.6 Å². The van der Waals surface area contributed by atoms with E-state index < -0.39 is 0 Å². The molecular formula is C68H48N2O2. The average Bonchev–Trinajstić information content (AvgIpc) is 4.12. The van der Waals surface area contributed by atoms with E-state index in [4.69, 9.17) is 8.83 Å². The standard InChI is InChI=1S/C68H48N2O2/c1-67(2)59-21-13-11-19-51(59)57-39-47(27-35-61(57)67)69(43-15-7-5-8-16-43)45-25-31-49-41(37-45)23-29-53-55-33-34-56-54-30-24-42-38-46(26-32-50(42)64(54)72-66(56)65(55)71-63(49)53)70(44-17-9-6-10-18-44)48-28-36-62-58(40-48)52-20-12-14-22-60(52)68(62,3)4/h5-40H,1-4H3. The van der Waals surface area contributed by atoms with Crippen LogP contribution in [-0.4, -0.2) is 0 Å². The first-order valence-corrected chi connectivity index (χ1v) is 25.1. The molecule has 0 aliphatic heterocycles. The Hall–Kier alpha value is -8.86. The van der Waals surface area contributed by atoms with Crippen molar-refractivity contribution in [2.24, 2.45) is 0 Å². The Morgan fingerprint density at radius 3 is 1.04 bits per heavy atom. The van der Waals surface area contributed by atoms with Crippen LogP contribution in [0.4, 0.5) is 34.1 Å². The molecule has 72 heavy (non-hydrogen) atoms. The third kappa shape index (κ3) is 5.75. The van der Waals surface area contributed by atoms with Crippen LogP contribution < -0.4 is 9.80 Å². The minimum atomic E-state index is -0.0593. The van der Waals surface area contributed by atoms with Gasteiger partial charge in [-0.25, -0.2) is 0 Å². The summed E-state index contributed by atoms with van der Waals surface area (Å²) in [6, 6.07) is 79.8. The van der Waals surface area contributed by atoms with Gasteiger partial charge in [-0.2, -0.15) is 0 Å². The van der Waals surface area contributed by atoms with Crippen LogP contribution in [0, 0.1) is 0 Å². The summed E-state index contributed by atoms with van der Waals surface area (Å²) in [6.45, 7) is 9.34.